The highest BCUT2D eigenvalue weighted by atomic mass is 32.2. The molecule has 1 atom stereocenters. The highest BCUT2D eigenvalue weighted by Crippen LogP contribution is 2.21. The maximum Gasteiger partial charge on any atom is 0.313 e. The Morgan fingerprint density at radius 3 is 1.91 bits per heavy atom. The van der Waals surface area contributed by atoms with Crippen LogP contribution >= 0.6 is 0 Å². The third-order valence-corrected chi connectivity index (χ3v) is 5.56. The van der Waals surface area contributed by atoms with Crippen molar-refractivity contribution in [3.63, 3.8) is 0 Å². The van der Waals surface area contributed by atoms with E-state index in [0.29, 0.717) is 12.8 Å². The van der Waals surface area contributed by atoms with Crippen LogP contribution in [0.2, 0.25) is 0 Å². The molecule has 0 aliphatic heterocycles. The molecule has 0 bridgehead atoms. The number of ether oxygens (including phenoxy) is 2. The smallest absolute Gasteiger partial charge is 0.313 e. The number of Topliss-reactive ketones (excluding diaryl/α,β-unsaturated/α-hetero) is 1. The molecule has 11 heteroatoms. The number of carbonyl (C=O) groups excluding carboxylic acids is 4. The van der Waals surface area contributed by atoms with Gasteiger partial charge in [0.15, 0.2) is 0 Å². The summed E-state index contributed by atoms with van der Waals surface area (Å²) < 4.78 is 39.7. The van der Waals surface area contributed by atoms with Crippen molar-refractivity contribution >= 4 is 33.7 Å². The van der Waals surface area contributed by atoms with Gasteiger partial charge in [0.25, 0.3) is 10.1 Å². The fraction of sp³-hybridized carbons (Fsp3) is 0.810. The minimum Gasteiger partial charge on any atom is -0.462 e. The number of carbonyl (C=O) groups is 4. The normalized spacial score (nSPS) is 12.7. The molecule has 1 amide bonds. The number of hydrogen-bond acceptors (Lipinski definition) is 8. The molecule has 0 heterocycles. The van der Waals surface area contributed by atoms with Crippen LogP contribution in [0.3, 0.4) is 0 Å². The highest BCUT2D eigenvalue weighted by molar-refractivity contribution is 7.85. The monoisotopic (exact) mass is 481 g/mol. The van der Waals surface area contributed by atoms with Crippen LogP contribution in [0, 0.1) is 11.3 Å². The van der Waals surface area contributed by atoms with E-state index >= 15 is 0 Å². The van der Waals surface area contributed by atoms with Crippen LogP contribution in [-0.4, -0.2) is 61.1 Å². The van der Waals surface area contributed by atoms with Crippen molar-refractivity contribution in [2.24, 2.45) is 11.3 Å². The zero-order valence-corrected chi connectivity index (χ0v) is 21.3. The van der Waals surface area contributed by atoms with Gasteiger partial charge in [-0.3, -0.25) is 23.7 Å². The van der Waals surface area contributed by atoms with E-state index in [0.717, 1.165) is 0 Å². The number of hydrogen-bond donors (Lipinski definition) is 2. The Morgan fingerprint density at radius 2 is 1.50 bits per heavy atom. The van der Waals surface area contributed by atoms with Gasteiger partial charge in [0, 0.05) is 5.92 Å². The van der Waals surface area contributed by atoms with Crippen molar-refractivity contribution in [2.75, 3.05) is 19.0 Å². The Kier molecular flexibility index (Phi) is 14.3. The summed E-state index contributed by atoms with van der Waals surface area (Å²) >= 11 is 0. The molecule has 0 aromatic carbocycles. The molecule has 0 aliphatic rings. The quantitative estimate of drug-likeness (QED) is 0.185. The van der Waals surface area contributed by atoms with E-state index in [1.54, 1.807) is 34.6 Å². The number of rotatable bonds is 12. The Labute approximate surface area is 191 Å². The van der Waals surface area contributed by atoms with Crippen LogP contribution in [-0.2, 0) is 38.8 Å². The van der Waals surface area contributed by atoms with E-state index in [1.165, 1.54) is 6.92 Å². The lowest BCUT2D eigenvalue weighted by Gasteiger charge is -2.26. The molecular formula is C21H39NO9S. The zero-order chi connectivity index (χ0) is 25.8. The second-order valence-corrected chi connectivity index (χ2v) is 10.3. The molecule has 10 nitrogen and oxygen atoms in total. The van der Waals surface area contributed by atoms with Crippen LogP contribution in [0.15, 0.2) is 0 Å². The van der Waals surface area contributed by atoms with Gasteiger partial charge in [-0.05, 0) is 47.5 Å². The van der Waals surface area contributed by atoms with Gasteiger partial charge in [0.1, 0.15) is 25.4 Å². The first kappa shape index (κ1) is 32.2. The number of nitrogens with one attached hydrogen (secondary N) is 1. The summed E-state index contributed by atoms with van der Waals surface area (Å²) in [5.41, 5.74) is -1.47. The second-order valence-electron chi connectivity index (χ2n) is 8.88. The van der Waals surface area contributed by atoms with Crippen LogP contribution in [0.4, 0.5) is 0 Å². The third-order valence-electron chi connectivity index (χ3n) is 4.47. The lowest BCUT2D eigenvalue weighted by Crippen LogP contribution is -2.49. The van der Waals surface area contributed by atoms with E-state index in [2.05, 4.69) is 5.32 Å². The predicted molar refractivity (Wildman–Crippen MR) is 119 cm³/mol. The van der Waals surface area contributed by atoms with Gasteiger partial charge in [0.05, 0.1) is 16.7 Å². The van der Waals surface area contributed by atoms with Crippen LogP contribution < -0.4 is 5.32 Å². The Balaban J connectivity index is 0. The molecule has 0 aromatic rings. The van der Waals surface area contributed by atoms with Gasteiger partial charge in [-0.25, -0.2) is 0 Å². The van der Waals surface area contributed by atoms with Crippen molar-refractivity contribution in [3.8, 4) is 0 Å². The van der Waals surface area contributed by atoms with Crippen LogP contribution in [0.25, 0.3) is 0 Å². The summed E-state index contributed by atoms with van der Waals surface area (Å²) in [6.07, 6.45) is 1.12. The maximum absolute atomic E-state index is 11.5. The standard InChI is InChI=1S/C12H20O5.C9H19NO4S/c1-5-12(3,4)11(15)17-7-6-16-10(14)8-9(2)13;1-5-7(2)8(11)10-9(3,4)6-15(12,13)14/h5-8H2,1-4H3;7H,5-6H2,1-4H3,(H,10,11)(H,12,13,14). The fourth-order valence-electron chi connectivity index (χ4n) is 2.02. The Morgan fingerprint density at radius 1 is 1.00 bits per heavy atom. The summed E-state index contributed by atoms with van der Waals surface area (Å²) in [4.78, 5) is 44.5. The first-order valence-electron chi connectivity index (χ1n) is 10.5. The highest BCUT2D eigenvalue weighted by Gasteiger charge is 2.28. The van der Waals surface area contributed by atoms with E-state index in [9.17, 15) is 27.6 Å². The third kappa shape index (κ3) is 16.7. The van der Waals surface area contributed by atoms with Gasteiger partial charge in [-0.2, -0.15) is 8.42 Å². The van der Waals surface area contributed by atoms with Crippen LogP contribution in [0.5, 0.6) is 0 Å². The van der Waals surface area contributed by atoms with Gasteiger partial charge < -0.3 is 14.8 Å². The molecule has 0 radical (unpaired) electrons. The van der Waals surface area contributed by atoms with Gasteiger partial charge in [-0.15, -0.1) is 0 Å². The van der Waals surface area contributed by atoms with E-state index in [4.69, 9.17) is 14.0 Å². The summed E-state index contributed by atoms with van der Waals surface area (Å²) in [6.45, 7) is 13.5. The first-order chi connectivity index (χ1) is 14.4. The van der Waals surface area contributed by atoms with Gasteiger partial charge in [0.2, 0.25) is 5.91 Å². The molecule has 2 N–H and O–H groups in total. The lowest BCUT2D eigenvalue weighted by atomic mass is 9.91. The Bertz CT molecular complexity index is 742. The molecule has 0 spiro atoms. The average molecular weight is 482 g/mol. The van der Waals surface area contributed by atoms with E-state index in [-0.39, 0.29) is 43.2 Å². The van der Waals surface area contributed by atoms with Gasteiger partial charge in [-0.1, -0.05) is 20.8 Å². The molecule has 0 saturated carbocycles. The lowest BCUT2D eigenvalue weighted by molar-refractivity contribution is -0.159. The molecule has 0 aliphatic carbocycles. The summed E-state index contributed by atoms with van der Waals surface area (Å²) in [6, 6.07) is 0. The largest absolute Gasteiger partial charge is 0.462 e. The minimum absolute atomic E-state index is 0.0162. The summed E-state index contributed by atoms with van der Waals surface area (Å²) in [5.74, 6) is -2.01. The Hall–Kier alpha value is -2.01. The SMILES string of the molecule is CCC(C)(C)C(=O)OCCOC(=O)CC(C)=O.CCC(C)C(=O)NC(C)(C)CS(=O)(=O)O. The van der Waals surface area contributed by atoms with Crippen molar-refractivity contribution in [3.05, 3.63) is 0 Å². The summed E-state index contributed by atoms with van der Waals surface area (Å²) in [7, 11) is -4.07. The zero-order valence-electron chi connectivity index (χ0n) is 20.4. The minimum atomic E-state index is -4.07. The molecule has 1 unspecified atom stereocenters. The van der Waals surface area contributed by atoms with Crippen molar-refractivity contribution in [1.29, 1.82) is 0 Å². The number of ketones is 1. The topological polar surface area (TPSA) is 153 Å². The maximum atomic E-state index is 11.5. The second kappa shape index (κ2) is 14.2. The first-order valence-corrected chi connectivity index (χ1v) is 12.1. The predicted octanol–water partition coefficient (Wildman–Crippen LogP) is 2.30. The molecule has 0 rings (SSSR count). The van der Waals surface area contributed by atoms with E-state index in [1.807, 2.05) is 13.8 Å². The molecule has 0 fully saturated rings. The van der Waals surface area contributed by atoms with Crippen LogP contribution in [0.1, 0.15) is 74.7 Å². The molecular weight excluding hydrogens is 442 g/mol. The fourth-order valence-corrected chi connectivity index (χ4v) is 3.00. The van der Waals surface area contributed by atoms with Gasteiger partial charge >= 0.3 is 11.9 Å². The average Bonchev–Trinajstić information content (AvgIpc) is 2.61. The van der Waals surface area contributed by atoms with Crippen molar-refractivity contribution < 1.29 is 41.6 Å². The molecule has 0 saturated heterocycles. The summed E-state index contributed by atoms with van der Waals surface area (Å²) in [5, 5.41) is 2.59. The van der Waals surface area contributed by atoms with Crippen molar-refractivity contribution in [2.45, 2.75) is 80.2 Å². The van der Waals surface area contributed by atoms with E-state index < -0.39 is 32.8 Å². The number of amides is 1. The number of esters is 2. The molecule has 188 valence electrons. The molecule has 0 aromatic heterocycles. The molecule has 32 heavy (non-hydrogen) atoms. The van der Waals surface area contributed by atoms with Crippen molar-refractivity contribution in [1.82, 2.24) is 5.32 Å².